The number of hydrogen-bond donors (Lipinski definition) is 2. The van der Waals surface area contributed by atoms with Crippen LogP contribution in [0.2, 0.25) is 0 Å². The number of benzene rings is 2. The van der Waals surface area contributed by atoms with E-state index in [1.807, 2.05) is 54.6 Å². The number of anilines is 1. The fourth-order valence-corrected chi connectivity index (χ4v) is 2.30. The molecule has 0 unspecified atom stereocenters. The molecule has 0 aliphatic rings. The van der Waals surface area contributed by atoms with Crippen LogP contribution in [0, 0.1) is 3.57 Å². The quantitative estimate of drug-likeness (QED) is 0.428. The number of nitrogens with one attached hydrogen (secondary N) is 2. The summed E-state index contributed by atoms with van der Waals surface area (Å²) in [6, 6.07) is 16.9. The Labute approximate surface area is 148 Å². The Morgan fingerprint density at radius 1 is 0.957 bits per heavy atom. The molecular weight excluding hydrogens is 405 g/mol. The first-order valence-corrected chi connectivity index (χ1v) is 8.14. The van der Waals surface area contributed by atoms with E-state index in [1.165, 1.54) is 0 Å². The van der Waals surface area contributed by atoms with Gasteiger partial charge in [0, 0.05) is 16.4 Å². The van der Waals surface area contributed by atoms with Gasteiger partial charge in [-0.05, 0) is 40.3 Å². The van der Waals surface area contributed by atoms with Crippen molar-refractivity contribution < 1.29 is 9.59 Å². The van der Waals surface area contributed by atoms with E-state index in [2.05, 4.69) is 38.4 Å². The Morgan fingerprint density at radius 2 is 1.61 bits per heavy atom. The molecule has 2 rings (SSSR count). The first-order chi connectivity index (χ1) is 11.1. The van der Waals surface area contributed by atoms with Gasteiger partial charge < -0.3 is 5.32 Å². The predicted octanol–water partition coefficient (Wildman–Crippen LogP) is 3.16. The molecule has 0 radical (unpaired) electrons. The number of para-hydroxylation sites is 1. The smallest absolute Gasteiger partial charge is 0.240 e. The lowest BCUT2D eigenvalue weighted by Crippen LogP contribution is -2.20. The number of carbonyl (C=O) groups excluding carboxylic acids is 2. The highest BCUT2D eigenvalue weighted by molar-refractivity contribution is 14.1. The Kier molecular flexibility index (Phi) is 6.74. The molecule has 0 bridgehead atoms. The minimum absolute atomic E-state index is 0.0847. The molecule has 0 atom stereocenters. The van der Waals surface area contributed by atoms with Crippen molar-refractivity contribution in [1.29, 1.82) is 0 Å². The number of carbonyl (C=O) groups is 2. The third-order valence-electron chi connectivity index (χ3n) is 2.93. The highest BCUT2D eigenvalue weighted by atomic mass is 127. The highest BCUT2D eigenvalue weighted by Gasteiger charge is 2.08. The topological polar surface area (TPSA) is 70.6 Å². The molecule has 118 valence electrons. The Hall–Kier alpha value is -2.22. The van der Waals surface area contributed by atoms with Crippen LogP contribution in [0.3, 0.4) is 0 Å². The van der Waals surface area contributed by atoms with Crippen LogP contribution < -0.4 is 10.7 Å². The molecule has 0 saturated carbocycles. The average molecular weight is 421 g/mol. The molecule has 2 aromatic rings. The first-order valence-electron chi connectivity index (χ1n) is 7.06. The van der Waals surface area contributed by atoms with Crippen molar-refractivity contribution in [3.63, 3.8) is 0 Å². The van der Waals surface area contributed by atoms with Crippen LogP contribution in [0.5, 0.6) is 0 Å². The lowest BCUT2D eigenvalue weighted by molar-refractivity contribution is -0.124. The molecule has 0 saturated heterocycles. The summed E-state index contributed by atoms with van der Waals surface area (Å²) in [6.07, 6.45) is 1.75. The van der Waals surface area contributed by atoms with E-state index >= 15 is 0 Å². The summed E-state index contributed by atoms with van der Waals surface area (Å²) in [5.74, 6) is -0.494. The molecule has 2 amide bonds. The van der Waals surface area contributed by atoms with E-state index in [-0.39, 0.29) is 24.7 Å². The maximum atomic E-state index is 11.8. The van der Waals surface area contributed by atoms with Gasteiger partial charge in [0.2, 0.25) is 11.8 Å². The second kappa shape index (κ2) is 9.04. The van der Waals surface area contributed by atoms with Gasteiger partial charge in [0.05, 0.1) is 11.9 Å². The third-order valence-corrected chi connectivity index (χ3v) is 3.87. The van der Waals surface area contributed by atoms with Gasteiger partial charge in [-0.3, -0.25) is 9.59 Å². The number of amides is 2. The third kappa shape index (κ3) is 6.19. The summed E-state index contributed by atoms with van der Waals surface area (Å²) in [6.45, 7) is 0. The van der Waals surface area contributed by atoms with Crippen molar-refractivity contribution >= 4 is 46.3 Å². The molecule has 2 aromatic carbocycles. The van der Waals surface area contributed by atoms with Crippen LogP contribution in [0.4, 0.5) is 5.69 Å². The molecule has 23 heavy (non-hydrogen) atoms. The zero-order chi connectivity index (χ0) is 16.5. The van der Waals surface area contributed by atoms with Gasteiger partial charge in [-0.1, -0.05) is 42.5 Å². The standard InChI is InChI=1S/C17H16IN3O2/c18-14-8-4-5-9-15(14)20-16(22)10-11-17(23)21-19-12-13-6-2-1-3-7-13/h1-9,12H,10-11H2,(H,20,22)(H,21,23)/b19-12+. The summed E-state index contributed by atoms with van der Waals surface area (Å²) < 4.78 is 0.954. The lowest BCUT2D eigenvalue weighted by atomic mass is 10.2. The fraction of sp³-hybridized carbons (Fsp3) is 0.118. The number of rotatable bonds is 6. The van der Waals surface area contributed by atoms with Gasteiger partial charge >= 0.3 is 0 Å². The monoisotopic (exact) mass is 421 g/mol. The number of hydrazone groups is 1. The fourth-order valence-electron chi connectivity index (χ4n) is 1.78. The van der Waals surface area contributed by atoms with Crippen LogP contribution in [-0.4, -0.2) is 18.0 Å². The van der Waals surface area contributed by atoms with Crippen molar-refractivity contribution in [2.45, 2.75) is 12.8 Å². The van der Waals surface area contributed by atoms with Gasteiger partial charge in [-0.25, -0.2) is 5.43 Å². The number of nitrogens with zero attached hydrogens (tertiary/aromatic N) is 1. The molecule has 6 heteroatoms. The molecule has 0 aliphatic heterocycles. The minimum atomic E-state index is -0.296. The second-order valence-electron chi connectivity index (χ2n) is 4.73. The van der Waals surface area contributed by atoms with Crippen LogP contribution in [0.1, 0.15) is 18.4 Å². The Bertz CT molecular complexity index is 702. The largest absolute Gasteiger partial charge is 0.325 e. The van der Waals surface area contributed by atoms with E-state index < -0.39 is 0 Å². The van der Waals surface area contributed by atoms with Gasteiger partial charge in [0.15, 0.2) is 0 Å². The zero-order valence-corrected chi connectivity index (χ0v) is 14.5. The second-order valence-corrected chi connectivity index (χ2v) is 5.89. The van der Waals surface area contributed by atoms with Crippen LogP contribution >= 0.6 is 22.6 Å². The molecule has 5 nitrogen and oxygen atoms in total. The summed E-state index contributed by atoms with van der Waals surface area (Å²) in [7, 11) is 0. The van der Waals surface area contributed by atoms with Crippen molar-refractivity contribution in [2.24, 2.45) is 5.10 Å². The van der Waals surface area contributed by atoms with E-state index in [1.54, 1.807) is 6.21 Å². The SMILES string of the molecule is O=C(CCC(=O)Nc1ccccc1I)N/N=C/c1ccccc1. The molecule has 0 heterocycles. The van der Waals surface area contributed by atoms with E-state index in [0.717, 1.165) is 14.8 Å². The van der Waals surface area contributed by atoms with E-state index in [0.29, 0.717) is 0 Å². The Morgan fingerprint density at radius 3 is 2.35 bits per heavy atom. The van der Waals surface area contributed by atoms with E-state index in [9.17, 15) is 9.59 Å². The molecule has 0 aromatic heterocycles. The first kappa shape index (κ1) is 17.1. The molecule has 0 spiro atoms. The zero-order valence-electron chi connectivity index (χ0n) is 12.3. The maximum Gasteiger partial charge on any atom is 0.240 e. The normalized spacial score (nSPS) is 10.5. The minimum Gasteiger partial charge on any atom is -0.325 e. The van der Waals surface area contributed by atoms with Crippen molar-refractivity contribution in [1.82, 2.24) is 5.43 Å². The van der Waals surface area contributed by atoms with Crippen LogP contribution in [-0.2, 0) is 9.59 Å². The molecular formula is C17H16IN3O2. The summed E-state index contributed by atoms with van der Waals surface area (Å²) >= 11 is 2.15. The average Bonchev–Trinajstić information content (AvgIpc) is 2.56. The lowest BCUT2D eigenvalue weighted by Gasteiger charge is -2.06. The molecule has 0 fully saturated rings. The van der Waals surface area contributed by atoms with Crippen molar-refractivity contribution in [3.8, 4) is 0 Å². The van der Waals surface area contributed by atoms with E-state index in [4.69, 9.17) is 0 Å². The van der Waals surface area contributed by atoms with Gasteiger partial charge in [0.25, 0.3) is 0 Å². The van der Waals surface area contributed by atoms with Crippen molar-refractivity contribution in [2.75, 3.05) is 5.32 Å². The van der Waals surface area contributed by atoms with Gasteiger partial charge in [-0.2, -0.15) is 5.10 Å². The predicted molar refractivity (Wildman–Crippen MR) is 99.2 cm³/mol. The summed E-state index contributed by atoms with van der Waals surface area (Å²) in [5.41, 5.74) is 4.05. The highest BCUT2D eigenvalue weighted by Crippen LogP contribution is 2.17. The van der Waals surface area contributed by atoms with Crippen molar-refractivity contribution in [3.05, 3.63) is 63.7 Å². The summed E-state index contributed by atoms with van der Waals surface area (Å²) in [4.78, 5) is 23.5. The van der Waals surface area contributed by atoms with Gasteiger partial charge in [0.1, 0.15) is 0 Å². The number of halogens is 1. The maximum absolute atomic E-state index is 11.8. The van der Waals surface area contributed by atoms with Gasteiger partial charge in [-0.15, -0.1) is 0 Å². The van der Waals surface area contributed by atoms with Crippen LogP contribution in [0.25, 0.3) is 0 Å². The molecule has 0 aliphatic carbocycles. The summed E-state index contributed by atoms with van der Waals surface area (Å²) in [5, 5.41) is 6.64. The Balaban J connectivity index is 1.73. The van der Waals surface area contributed by atoms with Crippen LogP contribution in [0.15, 0.2) is 59.7 Å². The number of hydrogen-bond acceptors (Lipinski definition) is 3. The molecule has 2 N–H and O–H groups in total.